The molecule has 1 heterocycles. The average molecular weight is 166 g/mol. The van der Waals surface area contributed by atoms with Gasteiger partial charge in [-0.3, -0.25) is 0 Å². The van der Waals surface area contributed by atoms with Gasteiger partial charge in [0.15, 0.2) is 0 Å². The van der Waals surface area contributed by atoms with Gasteiger partial charge < -0.3 is 9.67 Å². The molecular formula is C8H10N2O2. The molecule has 0 aliphatic heterocycles. The Labute approximate surface area is 69.8 Å². The lowest BCUT2D eigenvalue weighted by Crippen LogP contribution is -2.06. The minimum absolute atomic E-state index is 0.275. The van der Waals surface area contributed by atoms with Gasteiger partial charge in [-0.15, -0.1) is 0 Å². The van der Waals surface area contributed by atoms with E-state index in [0.29, 0.717) is 5.92 Å². The molecule has 1 aromatic rings. The first kappa shape index (κ1) is 7.34. The van der Waals surface area contributed by atoms with Crippen LogP contribution in [0.25, 0.3) is 0 Å². The molecule has 1 aliphatic rings. The number of aromatic carboxylic acids is 1. The van der Waals surface area contributed by atoms with E-state index in [1.165, 1.54) is 6.20 Å². The third-order valence-corrected chi connectivity index (χ3v) is 2.19. The Morgan fingerprint density at radius 1 is 1.75 bits per heavy atom. The maximum atomic E-state index is 10.6. The van der Waals surface area contributed by atoms with Crippen molar-refractivity contribution in [1.29, 1.82) is 0 Å². The van der Waals surface area contributed by atoms with Gasteiger partial charge in [0.2, 0.25) is 0 Å². The van der Waals surface area contributed by atoms with Crippen molar-refractivity contribution in [2.24, 2.45) is 7.05 Å². The molecular weight excluding hydrogens is 156 g/mol. The van der Waals surface area contributed by atoms with Crippen LogP contribution in [0.15, 0.2) is 6.20 Å². The highest BCUT2D eigenvalue weighted by Crippen LogP contribution is 2.39. The molecule has 1 aliphatic carbocycles. The fraction of sp³-hybridized carbons (Fsp3) is 0.500. The Balaban J connectivity index is 2.39. The van der Waals surface area contributed by atoms with E-state index in [1.807, 2.05) is 0 Å². The molecule has 1 N–H and O–H groups in total. The maximum Gasteiger partial charge on any atom is 0.354 e. The van der Waals surface area contributed by atoms with Crippen LogP contribution in [0, 0.1) is 0 Å². The lowest BCUT2D eigenvalue weighted by molar-refractivity contribution is 0.0686. The summed E-state index contributed by atoms with van der Waals surface area (Å²) in [6.45, 7) is 0. The van der Waals surface area contributed by atoms with Gasteiger partial charge in [0.1, 0.15) is 11.5 Å². The summed E-state index contributed by atoms with van der Waals surface area (Å²) in [6, 6.07) is 0. The van der Waals surface area contributed by atoms with Gasteiger partial charge in [-0.25, -0.2) is 9.78 Å². The van der Waals surface area contributed by atoms with Crippen molar-refractivity contribution >= 4 is 5.97 Å². The minimum atomic E-state index is -0.906. The first-order valence-electron chi connectivity index (χ1n) is 3.95. The van der Waals surface area contributed by atoms with Crippen LogP contribution in [0.2, 0.25) is 0 Å². The molecule has 0 radical (unpaired) electrons. The maximum absolute atomic E-state index is 10.6. The fourth-order valence-electron chi connectivity index (χ4n) is 1.34. The molecule has 12 heavy (non-hydrogen) atoms. The number of carboxylic acid groups (broad SMARTS) is 1. The van der Waals surface area contributed by atoms with Crippen LogP contribution in [-0.2, 0) is 7.05 Å². The van der Waals surface area contributed by atoms with Crippen molar-refractivity contribution in [3.8, 4) is 0 Å². The van der Waals surface area contributed by atoms with Crippen molar-refractivity contribution in [2.45, 2.75) is 18.8 Å². The predicted octanol–water partition coefficient (Wildman–Crippen LogP) is 0.996. The Kier molecular flexibility index (Phi) is 1.43. The number of carbonyl (C=O) groups is 1. The molecule has 2 rings (SSSR count). The second kappa shape index (κ2) is 2.33. The summed E-state index contributed by atoms with van der Waals surface area (Å²) in [5.74, 6) is 0.507. The normalized spacial score (nSPS) is 16.4. The molecule has 0 saturated heterocycles. The van der Waals surface area contributed by atoms with Gasteiger partial charge in [0.25, 0.3) is 0 Å². The van der Waals surface area contributed by atoms with E-state index < -0.39 is 5.97 Å². The Bertz CT molecular complexity index is 326. The summed E-state index contributed by atoms with van der Waals surface area (Å²) in [7, 11) is 1.75. The second-order valence-electron chi connectivity index (χ2n) is 3.14. The zero-order valence-corrected chi connectivity index (χ0v) is 6.82. The van der Waals surface area contributed by atoms with Gasteiger partial charge in [0.05, 0.1) is 6.20 Å². The number of hydrogen-bond donors (Lipinski definition) is 1. The van der Waals surface area contributed by atoms with Crippen LogP contribution < -0.4 is 0 Å². The molecule has 4 nitrogen and oxygen atoms in total. The van der Waals surface area contributed by atoms with E-state index in [0.717, 1.165) is 18.7 Å². The summed E-state index contributed by atoms with van der Waals surface area (Å²) in [5, 5.41) is 8.72. The van der Waals surface area contributed by atoms with Crippen molar-refractivity contribution < 1.29 is 9.90 Å². The van der Waals surface area contributed by atoms with E-state index in [2.05, 4.69) is 4.98 Å². The Morgan fingerprint density at radius 3 is 2.83 bits per heavy atom. The second-order valence-corrected chi connectivity index (χ2v) is 3.14. The number of nitrogens with zero attached hydrogens (tertiary/aromatic N) is 2. The molecule has 1 saturated carbocycles. The fourth-order valence-corrected chi connectivity index (χ4v) is 1.34. The van der Waals surface area contributed by atoms with E-state index >= 15 is 0 Å². The highest BCUT2D eigenvalue weighted by molar-refractivity contribution is 5.85. The number of imidazole rings is 1. The minimum Gasteiger partial charge on any atom is -0.477 e. The lowest BCUT2D eigenvalue weighted by atomic mass is 10.4. The van der Waals surface area contributed by atoms with Gasteiger partial charge in [-0.05, 0) is 12.8 Å². The molecule has 0 amide bonds. The topological polar surface area (TPSA) is 55.1 Å². The molecule has 4 heteroatoms. The number of hydrogen-bond acceptors (Lipinski definition) is 2. The predicted molar refractivity (Wildman–Crippen MR) is 42.1 cm³/mol. The van der Waals surface area contributed by atoms with Crippen LogP contribution in [0.3, 0.4) is 0 Å². The Morgan fingerprint density at radius 2 is 2.42 bits per heavy atom. The third kappa shape index (κ3) is 0.995. The highest BCUT2D eigenvalue weighted by atomic mass is 16.4. The molecule has 1 aromatic heterocycles. The van der Waals surface area contributed by atoms with Gasteiger partial charge in [0, 0.05) is 13.0 Å². The first-order chi connectivity index (χ1) is 5.70. The van der Waals surface area contributed by atoms with Crippen molar-refractivity contribution in [1.82, 2.24) is 9.55 Å². The van der Waals surface area contributed by atoms with Crippen LogP contribution in [0.4, 0.5) is 0 Å². The Hall–Kier alpha value is -1.32. The van der Waals surface area contributed by atoms with E-state index in [-0.39, 0.29) is 5.69 Å². The van der Waals surface area contributed by atoms with Gasteiger partial charge in [-0.1, -0.05) is 0 Å². The largest absolute Gasteiger partial charge is 0.477 e. The standard InChI is InChI=1S/C8H10N2O2/c1-10-6(8(11)12)4-9-7(10)5-2-3-5/h4-5H,2-3H2,1H3,(H,11,12). The average Bonchev–Trinajstić information content (AvgIpc) is 2.75. The molecule has 1 fully saturated rings. The van der Waals surface area contributed by atoms with Gasteiger partial charge in [-0.2, -0.15) is 0 Å². The monoisotopic (exact) mass is 166 g/mol. The number of carboxylic acids is 1. The SMILES string of the molecule is Cn1c(C(=O)O)cnc1C1CC1. The van der Waals surface area contributed by atoms with Crippen LogP contribution in [-0.4, -0.2) is 20.6 Å². The van der Waals surface area contributed by atoms with Crippen molar-refractivity contribution in [2.75, 3.05) is 0 Å². The van der Waals surface area contributed by atoms with E-state index in [1.54, 1.807) is 11.6 Å². The molecule has 0 unspecified atom stereocenters. The molecule has 64 valence electrons. The number of rotatable bonds is 2. The molecule has 0 atom stereocenters. The summed E-state index contributed by atoms with van der Waals surface area (Å²) >= 11 is 0. The number of aromatic nitrogens is 2. The van der Waals surface area contributed by atoms with Crippen LogP contribution in [0.5, 0.6) is 0 Å². The molecule has 0 aromatic carbocycles. The van der Waals surface area contributed by atoms with Crippen molar-refractivity contribution in [3.05, 3.63) is 17.7 Å². The summed E-state index contributed by atoms with van der Waals surface area (Å²) in [6.07, 6.45) is 3.71. The smallest absolute Gasteiger partial charge is 0.354 e. The zero-order chi connectivity index (χ0) is 8.72. The van der Waals surface area contributed by atoms with E-state index in [9.17, 15) is 4.79 Å². The van der Waals surface area contributed by atoms with Crippen LogP contribution >= 0.6 is 0 Å². The molecule has 0 bridgehead atoms. The molecule has 0 spiro atoms. The quantitative estimate of drug-likeness (QED) is 0.712. The third-order valence-electron chi connectivity index (χ3n) is 2.19. The highest BCUT2D eigenvalue weighted by Gasteiger charge is 2.29. The summed E-state index contributed by atoms with van der Waals surface area (Å²) in [4.78, 5) is 14.7. The summed E-state index contributed by atoms with van der Waals surface area (Å²) < 4.78 is 1.67. The van der Waals surface area contributed by atoms with E-state index in [4.69, 9.17) is 5.11 Å². The first-order valence-corrected chi connectivity index (χ1v) is 3.95. The summed E-state index contributed by atoms with van der Waals surface area (Å²) in [5.41, 5.74) is 0.275. The van der Waals surface area contributed by atoms with Crippen molar-refractivity contribution in [3.63, 3.8) is 0 Å². The van der Waals surface area contributed by atoms with Crippen LogP contribution in [0.1, 0.15) is 35.1 Å². The lowest BCUT2D eigenvalue weighted by Gasteiger charge is -1.99. The van der Waals surface area contributed by atoms with Gasteiger partial charge >= 0.3 is 5.97 Å². The zero-order valence-electron chi connectivity index (χ0n) is 6.82.